The van der Waals surface area contributed by atoms with Gasteiger partial charge >= 0.3 is 6.36 Å². The van der Waals surface area contributed by atoms with Crippen molar-refractivity contribution in [2.24, 2.45) is 17.8 Å². The molecule has 0 amide bonds. The van der Waals surface area contributed by atoms with Crippen LogP contribution in [0.25, 0.3) is 0 Å². The molecule has 2 fully saturated rings. The molecular formula is C14H21F5O. The SMILES string of the molecule is CC1CCC(C2CCC(OC(F)(F)F)C(F)C2)C(F)C1. The van der Waals surface area contributed by atoms with Gasteiger partial charge in [0.15, 0.2) is 0 Å². The van der Waals surface area contributed by atoms with Crippen LogP contribution in [0.2, 0.25) is 0 Å². The Hall–Kier alpha value is -0.390. The fourth-order valence-electron chi connectivity index (χ4n) is 3.68. The molecule has 0 heterocycles. The number of halogens is 5. The van der Waals surface area contributed by atoms with Crippen LogP contribution in [0.1, 0.15) is 45.4 Å². The summed E-state index contributed by atoms with van der Waals surface area (Å²) in [6.07, 6.45) is -6.29. The molecule has 0 aliphatic heterocycles. The van der Waals surface area contributed by atoms with Gasteiger partial charge in [-0.15, -0.1) is 13.2 Å². The molecule has 0 aromatic rings. The zero-order chi connectivity index (χ0) is 14.9. The molecule has 2 aliphatic carbocycles. The van der Waals surface area contributed by atoms with Crippen LogP contribution in [-0.2, 0) is 4.74 Å². The van der Waals surface area contributed by atoms with Crippen LogP contribution < -0.4 is 0 Å². The second-order valence-electron chi connectivity index (χ2n) is 6.29. The van der Waals surface area contributed by atoms with Gasteiger partial charge in [0.2, 0.25) is 0 Å². The third-order valence-electron chi connectivity index (χ3n) is 4.73. The zero-order valence-corrected chi connectivity index (χ0v) is 11.5. The summed E-state index contributed by atoms with van der Waals surface area (Å²) in [5, 5.41) is 0. The largest absolute Gasteiger partial charge is 0.522 e. The highest BCUT2D eigenvalue weighted by Crippen LogP contribution is 2.43. The van der Waals surface area contributed by atoms with Crippen molar-refractivity contribution >= 4 is 0 Å². The summed E-state index contributed by atoms with van der Waals surface area (Å²) in [5.41, 5.74) is 0. The standard InChI is InChI=1S/C14H21F5O/c1-8-2-4-10(11(15)6-8)9-3-5-13(12(16)7-9)20-14(17,18)19/h8-13H,2-7H2,1H3. The van der Waals surface area contributed by atoms with Crippen LogP contribution in [-0.4, -0.2) is 24.8 Å². The molecule has 118 valence electrons. The van der Waals surface area contributed by atoms with E-state index < -0.39 is 24.8 Å². The fourth-order valence-corrected chi connectivity index (χ4v) is 3.68. The van der Waals surface area contributed by atoms with Crippen molar-refractivity contribution in [3.63, 3.8) is 0 Å². The number of hydrogen-bond acceptors (Lipinski definition) is 1. The average molecular weight is 300 g/mol. The minimum absolute atomic E-state index is 0.0137. The molecule has 0 N–H and O–H groups in total. The maximum atomic E-state index is 14.0. The summed E-state index contributed by atoms with van der Waals surface area (Å²) in [6.45, 7) is 1.99. The quantitative estimate of drug-likeness (QED) is 0.665. The smallest absolute Gasteiger partial charge is 0.286 e. The van der Waals surface area contributed by atoms with Crippen molar-refractivity contribution in [1.82, 2.24) is 0 Å². The van der Waals surface area contributed by atoms with E-state index in [0.717, 1.165) is 6.42 Å². The van der Waals surface area contributed by atoms with Crippen molar-refractivity contribution in [3.05, 3.63) is 0 Å². The van der Waals surface area contributed by atoms with Crippen molar-refractivity contribution in [2.45, 2.75) is 70.3 Å². The summed E-state index contributed by atoms with van der Waals surface area (Å²) in [5.74, 6) is -0.0100. The second-order valence-corrected chi connectivity index (χ2v) is 6.29. The maximum Gasteiger partial charge on any atom is 0.522 e. The van der Waals surface area contributed by atoms with Crippen molar-refractivity contribution in [2.75, 3.05) is 0 Å². The molecule has 0 aromatic heterocycles. The van der Waals surface area contributed by atoms with Crippen molar-refractivity contribution in [1.29, 1.82) is 0 Å². The summed E-state index contributed by atoms with van der Waals surface area (Å²) in [4.78, 5) is 0. The van der Waals surface area contributed by atoms with E-state index in [-0.39, 0.29) is 24.7 Å². The summed E-state index contributed by atoms with van der Waals surface area (Å²) < 4.78 is 68.1. The molecular weight excluding hydrogens is 279 g/mol. The van der Waals surface area contributed by atoms with E-state index in [1.165, 1.54) is 0 Å². The lowest BCUT2D eigenvalue weighted by atomic mass is 9.69. The molecule has 0 radical (unpaired) electrons. The predicted octanol–water partition coefficient (Wildman–Crippen LogP) is 4.80. The second kappa shape index (κ2) is 6.16. The number of ether oxygens (including phenoxy) is 1. The van der Waals surface area contributed by atoms with E-state index in [0.29, 0.717) is 25.2 Å². The summed E-state index contributed by atoms with van der Waals surface area (Å²) in [6, 6.07) is 0. The molecule has 0 spiro atoms. The number of hydrogen-bond donors (Lipinski definition) is 0. The fraction of sp³-hybridized carbons (Fsp3) is 1.00. The molecule has 0 saturated heterocycles. The van der Waals surface area contributed by atoms with Gasteiger partial charge in [-0.2, -0.15) is 0 Å². The topological polar surface area (TPSA) is 9.23 Å². The van der Waals surface area contributed by atoms with E-state index in [1.807, 2.05) is 6.92 Å². The Morgan fingerprint density at radius 3 is 2.15 bits per heavy atom. The molecule has 0 bridgehead atoms. The highest BCUT2D eigenvalue weighted by Gasteiger charge is 2.43. The minimum Gasteiger partial charge on any atom is -0.286 e. The highest BCUT2D eigenvalue weighted by molar-refractivity contribution is 4.89. The molecule has 2 rings (SSSR count). The van der Waals surface area contributed by atoms with E-state index in [1.54, 1.807) is 0 Å². The summed E-state index contributed by atoms with van der Waals surface area (Å²) >= 11 is 0. The van der Waals surface area contributed by atoms with Gasteiger partial charge < -0.3 is 0 Å². The molecule has 6 unspecified atom stereocenters. The van der Waals surface area contributed by atoms with Crippen LogP contribution in [0.5, 0.6) is 0 Å². The normalized spacial score (nSPS) is 43.5. The molecule has 0 aromatic carbocycles. The van der Waals surface area contributed by atoms with E-state index >= 15 is 0 Å². The first kappa shape index (κ1) is 16.0. The first-order valence-electron chi connectivity index (χ1n) is 7.29. The Morgan fingerprint density at radius 2 is 1.60 bits per heavy atom. The molecule has 6 atom stereocenters. The van der Waals surface area contributed by atoms with Gasteiger partial charge in [0.05, 0.1) is 6.10 Å². The maximum absolute atomic E-state index is 14.0. The molecule has 6 heteroatoms. The average Bonchev–Trinajstić information content (AvgIpc) is 2.30. The van der Waals surface area contributed by atoms with Gasteiger partial charge in [0.25, 0.3) is 0 Å². The highest BCUT2D eigenvalue weighted by atomic mass is 19.4. The van der Waals surface area contributed by atoms with Crippen LogP contribution in [0.3, 0.4) is 0 Å². The Morgan fingerprint density at radius 1 is 0.900 bits per heavy atom. The summed E-state index contributed by atoms with van der Waals surface area (Å²) in [7, 11) is 0. The van der Waals surface area contributed by atoms with Gasteiger partial charge in [-0.3, -0.25) is 4.74 Å². The Kier molecular flexibility index (Phi) is 4.92. The zero-order valence-electron chi connectivity index (χ0n) is 11.5. The van der Waals surface area contributed by atoms with Crippen LogP contribution in [0.15, 0.2) is 0 Å². The lowest BCUT2D eigenvalue weighted by molar-refractivity contribution is -0.352. The Bertz CT molecular complexity index is 319. The van der Waals surface area contributed by atoms with E-state index in [2.05, 4.69) is 4.74 Å². The molecule has 2 saturated carbocycles. The number of alkyl halides is 5. The van der Waals surface area contributed by atoms with Gasteiger partial charge in [-0.1, -0.05) is 13.3 Å². The lowest BCUT2D eigenvalue weighted by Gasteiger charge is -2.40. The molecule has 1 nitrogen and oxygen atoms in total. The van der Waals surface area contributed by atoms with E-state index in [9.17, 15) is 22.0 Å². The van der Waals surface area contributed by atoms with Crippen molar-refractivity contribution in [3.8, 4) is 0 Å². The van der Waals surface area contributed by atoms with Crippen LogP contribution >= 0.6 is 0 Å². The monoisotopic (exact) mass is 300 g/mol. The first-order valence-corrected chi connectivity index (χ1v) is 7.29. The lowest BCUT2D eigenvalue weighted by Crippen LogP contribution is -2.41. The van der Waals surface area contributed by atoms with Gasteiger partial charge in [-0.05, 0) is 49.9 Å². The Balaban J connectivity index is 1.89. The van der Waals surface area contributed by atoms with Gasteiger partial charge in [0.1, 0.15) is 12.3 Å². The molecule has 2 aliphatic rings. The van der Waals surface area contributed by atoms with Gasteiger partial charge in [0, 0.05) is 0 Å². The van der Waals surface area contributed by atoms with Gasteiger partial charge in [-0.25, -0.2) is 8.78 Å². The molecule has 20 heavy (non-hydrogen) atoms. The predicted molar refractivity (Wildman–Crippen MR) is 64.6 cm³/mol. The number of rotatable bonds is 2. The Labute approximate surface area is 115 Å². The minimum atomic E-state index is -4.80. The van der Waals surface area contributed by atoms with Crippen LogP contribution in [0.4, 0.5) is 22.0 Å². The third kappa shape index (κ3) is 4.06. The van der Waals surface area contributed by atoms with E-state index in [4.69, 9.17) is 0 Å². The van der Waals surface area contributed by atoms with Crippen molar-refractivity contribution < 1.29 is 26.7 Å². The van der Waals surface area contributed by atoms with Crippen LogP contribution in [0, 0.1) is 17.8 Å². The third-order valence-corrected chi connectivity index (χ3v) is 4.73. The first-order chi connectivity index (χ1) is 9.26.